The lowest BCUT2D eigenvalue weighted by Crippen LogP contribution is -2.62. The minimum atomic E-state index is -1.39. The molecule has 0 saturated carbocycles. The Morgan fingerprint density at radius 1 is 0.719 bits per heavy atom. The van der Waals surface area contributed by atoms with Crippen LogP contribution in [0.25, 0.3) is 0 Å². The molecule has 0 radical (unpaired) electrons. The molecule has 0 aromatic rings. The number of aliphatic hydroxyl groups excluding tert-OH is 6. The molecule has 0 unspecified atom stereocenters. The Labute approximate surface area is 189 Å². The van der Waals surface area contributed by atoms with E-state index in [4.69, 9.17) is 14.2 Å². The first-order chi connectivity index (χ1) is 15.4. The second kappa shape index (κ2) is 19.4. The fourth-order valence-corrected chi connectivity index (χ4v) is 2.59. The highest BCUT2D eigenvalue weighted by Crippen LogP contribution is 2.13. The molecule has 0 rings (SSSR count). The minimum absolute atomic E-state index is 0.269. The van der Waals surface area contributed by atoms with Crippen LogP contribution in [0.15, 0.2) is 0 Å². The highest BCUT2D eigenvalue weighted by Gasteiger charge is 2.36. The zero-order valence-corrected chi connectivity index (χ0v) is 18.9. The summed E-state index contributed by atoms with van der Waals surface area (Å²) >= 11 is 0. The predicted octanol–water partition coefficient (Wildman–Crippen LogP) is -2.29. The number of carbonyl (C=O) groups excluding carboxylic acids is 1. The zero-order chi connectivity index (χ0) is 24.2. The van der Waals surface area contributed by atoms with Crippen LogP contribution in [0.3, 0.4) is 0 Å². The van der Waals surface area contributed by atoms with Crippen LogP contribution in [0.2, 0.25) is 0 Å². The molecule has 0 fully saturated rings. The van der Waals surface area contributed by atoms with Gasteiger partial charge in [-0.3, -0.25) is 0 Å². The van der Waals surface area contributed by atoms with Crippen molar-refractivity contribution in [3.05, 3.63) is 0 Å². The first-order valence-electron chi connectivity index (χ1n) is 11.0. The summed E-state index contributed by atoms with van der Waals surface area (Å²) in [6, 6.07) is -0.545. The summed E-state index contributed by atoms with van der Waals surface area (Å²) in [5.74, 6) is 0. The predicted molar refractivity (Wildman–Crippen MR) is 115 cm³/mol. The Bertz CT molecular complexity index is 405. The van der Waals surface area contributed by atoms with Crippen LogP contribution in [-0.4, -0.2) is 127 Å². The average Bonchev–Trinajstić information content (AvgIpc) is 2.80. The molecule has 0 aliphatic carbocycles. The van der Waals surface area contributed by atoms with Gasteiger partial charge in [-0.25, -0.2) is 4.79 Å². The van der Waals surface area contributed by atoms with Crippen LogP contribution in [0.5, 0.6) is 0 Å². The van der Waals surface area contributed by atoms with Gasteiger partial charge in [0.25, 0.3) is 0 Å². The van der Waals surface area contributed by atoms with Gasteiger partial charge in [-0.2, -0.15) is 0 Å². The van der Waals surface area contributed by atoms with Crippen molar-refractivity contribution in [2.24, 2.45) is 0 Å². The number of urea groups is 1. The molecule has 192 valence electrons. The van der Waals surface area contributed by atoms with Crippen molar-refractivity contribution >= 4 is 6.03 Å². The van der Waals surface area contributed by atoms with E-state index in [1.165, 1.54) is 0 Å². The molecule has 0 aromatic carbocycles. The number of unbranched alkanes of at least 4 members (excludes halogenated alkanes) is 3. The van der Waals surface area contributed by atoms with Crippen LogP contribution in [0.1, 0.15) is 32.6 Å². The first kappa shape index (κ1) is 30.9. The summed E-state index contributed by atoms with van der Waals surface area (Å²) < 4.78 is 16.5. The Morgan fingerprint density at radius 2 is 1.12 bits per heavy atom. The summed E-state index contributed by atoms with van der Waals surface area (Å²) in [5.41, 5.74) is -1.39. The first-order valence-corrected chi connectivity index (χ1v) is 11.0. The van der Waals surface area contributed by atoms with E-state index in [1.54, 1.807) is 0 Å². The van der Waals surface area contributed by atoms with Crippen LogP contribution in [-0.2, 0) is 14.2 Å². The molecule has 0 saturated heterocycles. The Morgan fingerprint density at radius 3 is 1.47 bits per heavy atom. The smallest absolute Gasteiger partial charge is 0.315 e. The van der Waals surface area contributed by atoms with E-state index in [9.17, 15) is 35.4 Å². The molecule has 0 spiro atoms. The highest BCUT2D eigenvalue weighted by atomic mass is 16.5. The largest absolute Gasteiger partial charge is 0.394 e. The number of ether oxygens (including phenoxy) is 3. The van der Waals surface area contributed by atoms with Gasteiger partial charge >= 0.3 is 6.03 Å². The normalized spacial score (nSPS) is 12.2. The van der Waals surface area contributed by atoms with Crippen molar-refractivity contribution in [3.8, 4) is 0 Å². The number of nitrogens with one attached hydrogen (secondary N) is 2. The lowest BCUT2D eigenvalue weighted by Gasteiger charge is -2.36. The molecule has 8 N–H and O–H groups in total. The van der Waals surface area contributed by atoms with Crippen molar-refractivity contribution in [2.45, 2.75) is 56.5 Å². The van der Waals surface area contributed by atoms with E-state index in [2.05, 4.69) is 17.6 Å². The number of rotatable bonds is 21. The van der Waals surface area contributed by atoms with Gasteiger partial charge in [0.2, 0.25) is 0 Å². The zero-order valence-electron chi connectivity index (χ0n) is 18.9. The van der Waals surface area contributed by atoms with E-state index >= 15 is 0 Å². The summed E-state index contributed by atoms with van der Waals surface area (Å²) in [4.78, 5) is 12.6. The van der Waals surface area contributed by atoms with Gasteiger partial charge in [0.15, 0.2) is 0 Å². The molecule has 0 aromatic heterocycles. The van der Waals surface area contributed by atoms with E-state index in [0.717, 1.165) is 25.7 Å². The van der Waals surface area contributed by atoms with Crippen molar-refractivity contribution < 1.29 is 49.6 Å². The fraction of sp³-hybridized carbons (Fsp3) is 0.950. The van der Waals surface area contributed by atoms with Crippen LogP contribution >= 0.6 is 0 Å². The molecule has 12 nitrogen and oxygen atoms in total. The standard InChI is InChI=1S/C20H42N2O10/c1-2-3-4-5-6-21-19(29)22-20(13-30-16(7-23)8-24,14-31-17(9-25)10-26)15-32-18(11-27)12-28/h16-18,23-28H,2-15H2,1H3,(H2,21,22,29). The van der Waals surface area contributed by atoms with Gasteiger partial charge in [0, 0.05) is 6.54 Å². The van der Waals surface area contributed by atoms with Crippen LogP contribution in [0.4, 0.5) is 4.79 Å². The molecular formula is C20H42N2O10. The molecule has 2 amide bonds. The molecule has 0 atom stereocenters. The molecule has 0 bridgehead atoms. The van der Waals surface area contributed by atoms with Crippen LogP contribution in [0, 0.1) is 0 Å². The molecule has 32 heavy (non-hydrogen) atoms. The molecule has 0 heterocycles. The lowest BCUT2D eigenvalue weighted by atomic mass is 10.0. The van der Waals surface area contributed by atoms with E-state index in [0.29, 0.717) is 6.54 Å². The van der Waals surface area contributed by atoms with Gasteiger partial charge in [0.05, 0.1) is 59.5 Å². The maximum atomic E-state index is 12.6. The van der Waals surface area contributed by atoms with E-state index in [1.807, 2.05) is 0 Å². The van der Waals surface area contributed by atoms with E-state index < -0.39 is 69.5 Å². The maximum absolute atomic E-state index is 12.6. The van der Waals surface area contributed by atoms with Gasteiger partial charge < -0.3 is 55.5 Å². The van der Waals surface area contributed by atoms with Gasteiger partial charge in [0.1, 0.15) is 23.9 Å². The molecule has 0 aliphatic heterocycles. The fourth-order valence-electron chi connectivity index (χ4n) is 2.59. The third kappa shape index (κ3) is 13.5. The SMILES string of the molecule is CCCCCCNC(=O)NC(COC(CO)CO)(COC(CO)CO)COC(CO)CO. The van der Waals surface area contributed by atoms with Gasteiger partial charge in [-0.05, 0) is 6.42 Å². The quantitative estimate of drug-likeness (QED) is 0.0848. The number of amides is 2. The molecule has 12 heteroatoms. The van der Waals surface area contributed by atoms with Crippen molar-refractivity contribution in [1.29, 1.82) is 0 Å². The highest BCUT2D eigenvalue weighted by molar-refractivity contribution is 5.74. The number of aliphatic hydroxyl groups is 6. The van der Waals surface area contributed by atoms with Gasteiger partial charge in [-0.15, -0.1) is 0 Å². The summed E-state index contributed by atoms with van der Waals surface area (Å²) in [6.45, 7) is -1.10. The van der Waals surface area contributed by atoms with Crippen molar-refractivity contribution in [3.63, 3.8) is 0 Å². The van der Waals surface area contributed by atoms with Crippen LogP contribution < -0.4 is 10.6 Å². The second-order valence-corrected chi connectivity index (χ2v) is 7.62. The minimum Gasteiger partial charge on any atom is -0.394 e. The third-order valence-electron chi connectivity index (χ3n) is 4.70. The summed E-state index contributed by atoms with van der Waals surface area (Å²) in [5, 5.41) is 61.3. The van der Waals surface area contributed by atoms with Crippen molar-refractivity contribution in [2.75, 3.05) is 66.0 Å². The van der Waals surface area contributed by atoms with Crippen molar-refractivity contribution in [1.82, 2.24) is 10.6 Å². The lowest BCUT2D eigenvalue weighted by molar-refractivity contribution is -0.116. The molecule has 0 aliphatic rings. The summed E-state index contributed by atoms with van der Waals surface area (Å²) in [6.07, 6.45) is 1.10. The van der Waals surface area contributed by atoms with E-state index in [-0.39, 0.29) is 19.8 Å². The number of hydrogen-bond donors (Lipinski definition) is 8. The third-order valence-corrected chi connectivity index (χ3v) is 4.70. The Hall–Kier alpha value is -1.09. The maximum Gasteiger partial charge on any atom is 0.315 e. The second-order valence-electron chi connectivity index (χ2n) is 7.62. The topological polar surface area (TPSA) is 190 Å². The van der Waals surface area contributed by atoms with Gasteiger partial charge in [-0.1, -0.05) is 26.2 Å². The Balaban J connectivity index is 5.42. The Kier molecular flexibility index (Phi) is 18.7. The monoisotopic (exact) mass is 470 g/mol. The molecular weight excluding hydrogens is 428 g/mol. The average molecular weight is 471 g/mol. The summed E-state index contributed by atoms with van der Waals surface area (Å²) in [7, 11) is 0. The number of carbonyl (C=O) groups is 1. The number of hydrogen-bond acceptors (Lipinski definition) is 10.